The highest BCUT2D eigenvalue weighted by Crippen LogP contribution is 2.21. The normalized spacial score (nSPS) is 14.2. The molecule has 0 aromatic heterocycles. The van der Waals surface area contributed by atoms with Gasteiger partial charge in [0, 0.05) is 16.8 Å². The van der Waals surface area contributed by atoms with Gasteiger partial charge in [-0.25, -0.2) is 9.59 Å². The minimum atomic E-state index is -1.09. The lowest BCUT2D eigenvalue weighted by atomic mass is 10.2. The minimum absolute atomic E-state index is 0.0409. The molecule has 0 unspecified atom stereocenters. The van der Waals surface area contributed by atoms with E-state index in [1.165, 1.54) is 18.2 Å². The van der Waals surface area contributed by atoms with Crippen molar-refractivity contribution in [3.63, 3.8) is 0 Å². The molecule has 5 nitrogen and oxygen atoms in total. The van der Waals surface area contributed by atoms with E-state index in [-0.39, 0.29) is 22.7 Å². The van der Waals surface area contributed by atoms with Crippen LogP contribution in [0.3, 0.4) is 0 Å². The second-order valence-electron chi connectivity index (χ2n) is 3.91. The highest BCUT2D eigenvalue weighted by Gasteiger charge is 2.23. The summed E-state index contributed by atoms with van der Waals surface area (Å²) in [5, 5.41) is 14.4. The molecule has 2 rings (SSSR count). The van der Waals surface area contributed by atoms with Crippen LogP contribution in [0, 0.1) is 0 Å². The predicted molar refractivity (Wildman–Crippen MR) is 63.6 cm³/mol. The number of hydrogen-bond acceptors (Lipinski definition) is 2. The first-order valence-corrected chi connectivity index (χ1v) is 5.54. The Morgan fingerprint density at radius 1 is 1.29 bits per heavy atom. The van der Waals surface area contributed by atoms with Gasteiger partial charge in [0.25, 0.3) is 0 Å². The van der Waals surface area contributed by atoms with Crippen LogP contribution in [0.5, 0.6) is 0 Å². The van der Waals surface area contributed by atoms with Crippen LogP contribution in [0.4, 0.5) is 10.5 Å². The van der Waals surface area contributed by atoms with Crippen LogP contribution >= 0.6 is 11.6 Å². The maximum atomic E-state index is 11.4. The second-order valence-corrected chi connectivity index (χ2v) is 4.34. The quantitative estimate of drug-likeness (QED) is 0.775. The number of nitrogens with one attached hydrogen (secondary N) is 2. The molecule has 3 N–H and O–H groups in total. The molecule has 0 radical (unpaired) electrons. The summed E-state index contributed by atoms with van der Waals surface area (Å²) in [4.78, 5) is 22.2. The fourth-order valence-corrected chi connectivity index (χ4v) is 1.60. The Hall–Kier alpha value is -1.75. The summed E-state index contributed by atoms with van der Waals surface area (Å²) in [7, 11) is 0. The van der Waals surface area contributed by atoms with Gasteiger partial charge in [-0.05, 0) is 31.0 Å². The van der Waals surface area contributed by atoms with Crippen molar-refractivity contribution in [3.8, 4) is 0 Å². The zero-order valence-corrected chi connectivity index (χ0v) is 9.62. The lowest BCUT2D eigenvalue weighted by Gasteiger charge is -2.07. The van der Waals surface area contributed by atoms with Crippen molar-refractivity contribution in [1.29, 1.82) is 0 Å². The van der Waals surface area contributed by atoms with Crippen molar-refractivity contribution in [2.45, 2.75) is 18.9 Å². The third-order valence-electron chi connectivity index (χ3n) is 2.32. The van der Waals surface area contributed by atoms with Gasteiger partial charge >= 0.3 is 12.0 Å². The third-order valence-corrected chi connectivity index (χ3v) is 2.53. The van der Waals surface area contributed by atoms with Gasteiger partial charge in [0.1, 0.15) is 0 Å². The number of aromatic carboxylic acids is 1. The van der Waals surface area contributed by atoms with Gasteiger partial charge in [0.2, 0.25) is 0 Å². The highest BCUT2D eigenvalue weighted by molar-refractivity contribution is 6.31. The van der Waals surface area contributed by atoms with E-state index in [9.17, 15) is 9.59 Å². The number of carboxylic acids is 1. The maximum absolute atomic E-state index is 11.4. The number of hydrogen-bond donors (Lipinski definition) is 3. The van der Waals surface area contributed by atoms with E-state index >= 15 is 0 Å². The zero-order chi connectivity index (χ0) is 12.4. The van der Waals surface area contributed by atoms with Crippen LogP contribution in [-0.2, 0) is 0 Å². The predicted octanol–water partition coefficient (Wildman–Crippen LogP) is 2.32. The summed E-state index contributed by atoms with van der Waals surface area (Å²) in [5.41, 5.74) is 0.410. The Morgan fingerprint density at radius 2 is 2.00 bits per heavy atom. The number of amides is 2. The number of carbonyl (C=O) groups excluding carboxylic acids is 1. The Bertz CT molecular complexity index is 472. The van der Waals surface area contributed by atoms with Crippen LogP contribution in [0.15, 0.2) is 18.2 Å². The van der Waals surface area contributed by atoms with E-state index in [1.54, 1.807) is 0 Å². The molecule has 1 aliphatic carbocycles. The molecule has 0 atom stereocenters. The molecule has 6 heteroatoms. The monoisotopic (exact) mass is 254 g/mol. The second kappa shape index (κ2) is 4.63. The fourth-order valence-electron chi connectivity index (χ4n) is 1.37. The average molecular weight is 255 g/mol. The van der Waals surface area contributed by atoms with E-state index in [0.717, 1.165) is 12.8 Å². The molecule has 0 saturated heterocycles. The smallest absolute Gasteiger partial charge is 0.335 e. The van der Waals surface area contributed by atoms with Gasteiger partial charge in [0.05, 0.1) is 5.56 Å². The van der Waals surface area contributed by atoms with Gasteiger partial charge in [-0.1, -0.05) is 11.6 Å². The molecule has 0 bridgehead atoms. The average Bonchev–Trinajstić information content (AvgIpc) is 3.00. The Morgan fingerprint density at radius 3 is 2.59 bits per heavy atom. The number of carbonyl (C=O) groups is 2. The van der Waals surface area contributed by atoms with Gasteiger partial charge in [0.15, 0.2) is 0 Å². The van der Waals surface area contributed by atoms with Crippen molar-refractivity contribution >= 4 is 29.3 Å². The molecule has 1 aromatic carbocycles. The molecule has 1 aliphatic rings. The Kier molecular flexibility index (Phi) is 3.19. The van der Waals surface area contributed by atoms with Crippen LogP contribution in [0.2, 0.25) is 5.02 Å². The number of carboxylic acid groups (broad SMARTS) is 1. The molecule has 1 aromatic rings. The number of anilines is 1. The summed E-state index contributed by atoms with van der Waals surface area (Å²) in [5.74, 6) is -1.09. The van der Waals surface area contributed by atoms with Crippen LogP contribution in [-0.4, -0.2) is 23.1 Å². The topological polar surface area (TPSA) is 78.4 Å². The first kappa shape index (κ1) is 11.7. The van der Waals surface area contributed by atoms with Crippen molar-refractivity contribution < 1.29 is 14.7 Å². The van der Waals surface area contributed by atoms with Crippen molar-refractivity contribution in [1.82, 2.24) is 5.32 Å². The summed E-state index contributed by atoms with van der Waals surface area (Å²) in [6, 6.07) is 4.09. The zero-order valence-electron chi connectivity index (χ0n) is 8.87. The Labute approximate surface area is 103 Å². The molecule has 17 heavy (non-hydrogen) atoms. The van der Waals surface area contributed by atoms with Gasteiger partial charge in [-0.2, -0.15) is 0 Å². The highest BCUT2D eigenvalue weighted by atomic mass is 35.5. The van der Waals surface area contributed by atoms with Gasteiger partial charge in [-0.3, -0.25) is 0 Å². The number of rotatable bonds is 3. The van der Waals surface area contributed by atoms with Crippen LogP contribution in [0.25, 0.3) is 0 Å². The third kappa shape index (κ3) is 3.35. The van der Waals surface area contributed by atoms with E-state index in [1.807, 2.05) is 0 Å². The number of halogens is 1. The van der Waals surface area contributed by atoms with Crippen molar-refractivity contribution in [2.24, 2.45) is 0 Å². The standard InChI is InChI=1S/C11H11ClN2O3/c12-7-3-6(10(15)16)4-9(5-7)14-11(17)13-8-1-2-8/h3-5,8H,1-2H2,(H,15,16)(H2,13,14,17). The van der Waals surface area contributed by atoms with E-state index in [2.05, 4.69) is 10.6 Å². The summed E-state index contributed by atoms with van der Waals surface area (Å²) >= 11 is 5.76. The summed E-state index contributed by atoms with van der Waals surface area (Å²) in [6.07, 6.45) is 1.98. The molecule has 90 valence electrons. The lowest BCUT2D eigenvalue weighted by molar-refractivity contribution is 0.0697. The molecule has 1 saturated carbocycles. The van der Waals surface area contributed by atoms with E-state index in [4.69, 9.17) is 16.7 Å². The molecule has 1 fully saturated rings. The van der Waals surface area contributed by atoms with Crippen LogP contribution < -0.4 is 10.6 Å². The Balaban J connectivity index is 2.08. The van der Waals surface area contributed by atoms with Crippen molar-refractivity contribution in [2.75, 3.05) is 5.32 Å². The van der Waals surface area contributed by atoms with E-state index < -0.39 is 5.97 Å². The first-order valence-electron chi connectivity index (χ1n) is 5.16. The maximum Gasteiger partial charge on any atom is 0.335 e. The molecule has 0 spiro atoms. The molecule has 0 heterocycles. The summed E-state index contributed by atoms with van der Waals surface area (Å²) < 4.78 is 0. The SMILES string of the molecule is O=C(Nc1cc(Cl)cc(C(=O)O)c1)NC1CC1. The molecule has 0 aliphatic heterocycles. The van der Waals surface area contributed by atoms with Crippen molar-refractivity contribution in [3.05, 3.63) is 28.8 Å². The number of benzene rings is 1. The molecular formula is C11H11ClN2O3. The van der Waals surface area contributed by atoms with E-state index in [0.29, 0.717) is 5.69 Å². The molecule has 2 amide bonds. The molecular weight excluding hydrogens is 244 g/mol. The minimum Gasteiger partial charge on any atom is -0.478 e. The van der Waals surface area contributed by atoms with Crippen LogP contribution in [0.1, 0.15) is 23.2 Å². The lowest BCUT2D eigenvalue weighted by Crippen LogP contribution is -2.30. The fraction of sp³-hybridized carbons (Fsp3) is 0.273. The number of urea groups is 1. The summed E-state index contributed by atoms with van der Waals surface area (Å²) in [6.45, 7) is 0. The van der Waals surface area contributed by atoms with Gasteiger partial charge < -0.3 is 15.7 Å². The first-order chi connectivity index (χ1) is 8.04. The largest absolute Gasteiger partial charge is 0.478 e. The van der Waals surface area contributed by atoms with Gasteiger partial charge in [-0.15, -0.1) is 0 Å².